The van der Waals surface area contributed by atoms with Crippen molar-refractivity contribution in [2.24, 2.45) is 0 Å². The van der Waals surface area contributed by atoms with Crippen LogP contribution in [0.3, 0.4) is 0 Å². The maximum absolute atomic E-state index is 3.76. The normalized spacial score (nSPS) is 10.0. The molecule has 0 aliphatic heterocycles. The van der Waals surface area contributed by atoms with Gasteiger partial charge in [-0.25, -0.2) is 0 Å². The Balaban J connectivity index is 2.41. The predicted molar refractivity (Wildman–Crippen MR) is 60.1 cm³/mol. The average Bonchev–Trinajstić information content (AvgIpc) is 2.68. The Bertz CT molecular complexity index is 412. The molecule has 1 heteroatoms. The zero-order valence-electron chi connectivity index (χ0n) is 8.03. The van der Waals surface area contributed by atoms with Crippen LogP contribution in [0.15, 0.2) is 55.3 Å². The van der Waals surface area contributed by atoms with Gasteiger partial charge in [0.25, 0.3) is 0 Å². The van der Waals surface area contributed by atoms with Gasteiger partial charge in [0.2, 0.25) is 0 Å². The summed E-state index contributed by atoms with van der Waals surface area (Å²) in [5.41, 5.74) is 3.73. The van der Waals surface area contributed by atoms with Gasteiger partial charge in [-0.3, -0.25) is 0 Å². The number of hydrogen-bond acceptors (Lipinski definition) is 0. The molecule has 0 saturated carbocycles. The minimum atomic E-state index is 0.910. The fourth-order valence-electron chi connectivity index (χ4n) is 1.60. The first-order valence-electron chi connectivity index (χ1n) is 4.74. The van der Waals surface area contributed by atoms with E-state index in [-0.39, 0.29) is 0 Å². The molecule has 0 spiro atoms. The molecule has 0 fully saturated rings. The molecule has 1 aromatic heterocycles. The summed E-state index contributed by atoms with van der Waals surface area (Å²) in [7, 11) is 0. The Labute approximate surface area is 84.1 Å². The zero-order valence-corrected chi connectivity index (χ0v) is 8.03. The molecule has 0 saturated heterocycles. The van der Waals surface area contributed by atoms with Crippen LogP contribution in [0.5, 0.6) is 0 Å². The lowest BCUT2D eigenvalue weighted by Crippen LogP contribution is -1.83. The summed E-state index contributed by atoms with van der Waals surface area (Å²) in [6, 6.07) is 12.4. The molecular formula is C13H13N. The maximum atomic E-state index is 3.76. The summed E-state index contributed by atoms with van der Waals surface area (Å²) in [6.45, 7) is 3.76. The van der Waals surface area contributed by atoms with Gasteiger partial charge >= 0.3 is 0 Å². The average molecular weight is 183 g/mol. The SMILES string of the molecule is C=CCc1cc[nH]c1-c1ccccc1. The first-order chi connectivity index (χ1) is 6.92. The molecule has 1 nitrogen and oxygen atoms in total. The number of aromatic amines is 1. The molecule has 70 valence electrons. The molecule has 1 N–H and O–H groups in total. The fraction of sp³-hybridized carbons (Fsp3) is 0.0769. The van der Waals surface area contributed by atoms with E-state index in [1.807, 2.05) is 30.5 Å². The minimum Gasteiger partial charge on any atom is -0.361 e. The van der Waals surface area contributed by atoms with Crippen LogP contribution < -0.4 is 0 Å². The standard InChI is InChI=1S/C13H13N/c1-2-6-11-9-10-14-13(11)12-7-4-3-5-8-12/h2-5,7-10,14H,1,6H2. The highest BCUT2D eigenvalue weighted by Crippen LogP contribution is 2.21. The lowest BCUT2D eigenvalue weighted by molar-refractivity contribution is 1.28. The van der Waals surface area contributed by atoms with Crippen molar-refractivity contribution in [1.29, 1.82) is 0 Å². The van der Waals surface area contributed by atoms with Crippen LogP contribution in [-0.4, -0.2) is 4.98 Å². The summed E-state index contributed by atoms with van der Waals surface area (Å²) in [5.74, 6) is 0. The van der Waals surface area contributed by atoms with Gasteiger partial charge in [0.1, 0.15) is 0 Å². The summed E-state index contributed by atoms with van der Waals surface area (Å²) < 4.78 is 0. The third-order valence-electron chi connectivity index (χ3n) is 2.26. The second-order valence-electron chi connectivity index (χ2n) is 3.24. The molecule has 2 rings (SSSR count). The van der Waals surface area contributed by atoms with E-state index in [0.29, 0.717) is 0 Å². The van der Waals surface area contributed by atoms with Crippen LogP contribution in [0.25, 0.3) is 11.3 Å². The van der Waals surface area contributed by atoms with Crippen molar-refractivity contribution in [2.75, 3.05) is 0 Å². The number of benzene rings is 1. The first kappa shape index (κ1) is 8.82. The Kier molecular flexibility index (Phi) is 2.50. The third-order valence-corrected chi connectivity index (χ3v) is 2.26. The number of allylic oxidation sites excluding steroid dienone is 1. The van der Waals surface area contributed by atoms with Crippen molar-refractivity contribution in [3.63, 3.8) is 0 Å². The summed E-state index contributed by atoms with van der Waals surface area (Å²) in [6.07, 6.45) is 4.81. The van der Waals surface area contributed by atoms with Crippen molar-refractivity contribution in [2.45, 2.75) is 6.42 Å². The van der Waals surface area contributed by atoms with Crippen molar-refractivity contribution in [3.8, 4) is 11.3 Å². The highest BCUT2D eigenvalue weighted by atomic mass is 14.7. The van der Waals surface area contributed by atoms with E-state index in [1.165, 1.54) is 16.8 Å². The van der Waals surface area contributed by atoms with Crippen LogP contribution in [0.4, 0.5) is 0 Å². The van der Waals surface area contributed by atoms with Crippen molar-refractivity contribution in [1.82, 2.24) is 4.98 Å². The Morgan fingerprint density at radius 1 is 1.14 bits per heavy atom. The van der Waals surface area contributed by atoms with E-state index in [0.717, 1.165) is 6.42 Å². The lowest BCUT2D eigenvalue weighted by Gasteiger charge is -2.01. The second kappa shape index (κ2) is 3.97. The molecule has 0 atom stereocenters. The summed E-state index contributed by atoms with van der Waals surface area (Å²) in [4.78, 5) is 3.26. The van der Waals surface area contributed by atoms with E-state index in [2.05, 4.69) is 29.8 Å². The number of H-pyrrole nitrogens is 1. The van der Waals surface area contributed by atoms with Crippen LogP contribution in [0, 0.1) is 0 Å². The largest absolute Gasteiger partial charge is 0.361 e. The molecule has 0 unspecified atom stereocenters. The first-order valence-corrected chi connectivity index (χ1v) is 4.74. The minimum absolute atomic E-state index is 0.910. The van der Waals surface area contributed by atoms with Gasteiger partial charge < -0.3 is 4.98 Å². The molecule has 14 heavy (non-hydrogen) atoms. The van der Waals surface area contributed by atoms with Gasteiger partial charge in [0.15, 0.2) is 0 Å². The van der Waals surface area contributed by atoms with Crippen LogP contribution in [0.2, 0.25) is 0 Å². The molecule has 0 radical (unpaired) electrons. The highest BCUT2D eigenvalue weighted by molar-refractivity contribution is 5.63. The molecule has 0 bridgehead atoms. The van der Waals surface area contributed by atoms with E-state index in [9.17, 15) is 0 Å². The highest BCUT2D eigenvalue weighted by Gasteiger charge is 2.03. The maximum Gasteiger partial charge on any atom is 0.0489 e. The van der Waals surface area contributed by atoms with E-state index < -0.39 is 0 Å². The van der Waals surface area contributed by atoms with Gasteiger partial charge in [0, 0.05) is 11.9 Å². The lowest BCUT2D eigenvalue weighted by atomic mass is 10.1. The van der Waals surface area contributed by atoms with Gasteiger partial charge in [-0.1, -0.05) is 36.4 Å². The molecule has 1 heterocycles. The van der Waals surface area contributed by atoms with Gasteiger partial charge in [-0.15, -0.1) is 6.58 Å². The molecule has 0 aliphatic rings. The molecular weight excluding hydrogens is 170 g/mol. The van der Waals surface area contributed by atoms with Crippen LogP contribution in [0.1, 0.15) is 5.56 Å². The fourth-order valence-corrected chi connectivity index (χ4v) is 1.60. The molecule has 0 amide bonds. The number of rotatable bonds is 3. The van der Waals surface area contributed by atoms with Gasteiger partial charge in [0.05, 0.1) is 0 Å². The molecule has 2 aromatic rings. The van der Waals surface area contributed by atoms with Crippen LogP contribution in [-0.2, 0) is 6.42 Å². The number of hydrogen-bond donors (Lipinski definition) is 1. The van der Waals surface area contributed by atoms with Gasteiger partial charge in [-0.05, 0) is 23.6 Å². The van der Waals surface area contributed by atoms with E-state index >= 15 is 0 Å². The Morgan fingerprint density at radius 3 is 2.64 bits per heavy atom. The molecule has 1 aromatic carbocycles. The summed E-state index contributed by atoms with van der Waals surface area (Å²) >= 11 is 0. The van der Waals surface area contributed by atoms with Crippen molar-refractivity contribution < 1.29 is 0 Å². The smallest absolute Gasteiger partial charge is 0.0489 e. The summed E-state index contributed by atoms with van der Waals surface area (Å²) in [5, 5.41) is 0. The van der Waals surface area contributed by atoms with Crippen molar-refractivity contribution >= 4 is 0 Å². The number of aromatic nitrogens is 1. The second-order valence-corrected chi connectivity index (χ2v) is 3.24. The quantitative estimate of drug-likeness (QED) is 0.702. The van der Waals surface area contributed by atoms with E-state index in [1.54, 1.807) is 0 Å². The Hall–Kier alpha value is -1.76. The monoisotopic (exact) mass is 183 g/mol. The predicted octanol–water partition coefficient (Wildman–Crippen LogP) is 3.41. The van der Waals surface area contributed by atoms with E-state index in [4.69, 9.17) is 0 Å². The number of nitrogens with one attached hydrogen (secondary N) is 1. The van der Waals surface area contributed by atoms with Crippen LogP contribution >= 0.6 is 0 Å². The molecule has 0 aliphatic carbocycles. The van der Waals surface area contributed by atoms with Crippen molar-refractivity contribution in [3.05, 3.63) is 60.8 Å². The zero-order chi connectivity index (χ0) is 9.80. The third kappa shape index (κ3) is 1.62. The van der Waals surface area contributed by atoms with Gasteiger partial charge in [-0.2, -0.15) is 0 Å². The topological polar surface area (TPSA) is 15.8 Å². The Morgan fingerprint density at radius 2 is 1.93 bits per heavy atom.